The number of hydrogen-bond donors (Lipinski definition) is 2. The molecule has 1 saturated carbocycles. The fourth-order valence-corrected chi connectivity index (χ4v) is 9.38. The smallest absolute Gasteiger partial charge is 0.417 e. The number of aromatic nitrogens is 1. The van der Waals surface area contributed by atoms with Gasteiger partial charge in [-0.25, -0.2) is 4.98 Å². The molecule has 2 N–H and O–H groups in total. The van der Waals surface area contributed by atoms with E-state index in [1.165, 1.54) is 18.1 Å². The number of hydrogen-bond acceptors (Lipinski definition) is 8. The average Bonchev–Trinajstić information content (AvgIpc) is 3.56. The SMILES string of the molecule is C=Cc1ccc(N2C(=O)C3CC=C4C(CC5C(=O)N(Nc6ncc(C(F)(F)F)cc6Cl)C(=O)C5(c5ccc(Cl)cc5)C4c4ccc(O)c(OC)c4)C3C2=O)cc1. The molecule has 0 bridgehead atoms. The molecule has 15 heteroatoms. The van der Waals surface area contributed by atoms with Crippen molar-refractivity contribution in [1.29, 1.82) is 0 Å². The number of pyridine rings is 1. The van der Waals surface area contributed by atoms with Crippen LogP contribution in [0, 0.1) is 23.7 Å². The van der Waals surface area contributed by atoms with E-state index < -0.39 is 69.5 Å². The lowest BCUT2D eigenvalue weighted by molar-refractivity contribution is -0.139. The number of carbonyl (C=O) groups excluding carboxylic acids is 4. The molecule has 4 aromatic rings. The lowest BCUT2D eigenvalue weighted by Crippen LogP contribution is -2.53. The minimum atomic E-state index is -4.76. The highest BCUT2D eigenvalue weighted by Gasteiger charge is 2.70. The van der Waals surface area contributed by atoms with E-state index in [1.807, 2.05) is 6.08 Å². The van der Waals surface area contributed by atoms with Gasteiger partial charge < -0.3 is 9.84 Å². The van der Waals surface area contributed by atoms with Crippen LogP contribution in [-0.2, 0) is 30.8 Å². The zero-order chi connectivity index (χ0) is 39.8. The molecule has 3 fully saturated rings. The standard InChI is InChI=1S/C41H31Cl2F3N4O6/c1-3-20-4-11-25(12-5-20)49-36(52)27-14-13-26-28(33(27)38(49)54)18-29-37(53)50(48-35-30(43)17-23(19-47-35)41(44,45)46)39(55)40(29,22-7-9-24(42)10-8-22)34(26)21-6-15-31(51)32(16-21)56-2/h3-13,15-17,19,27-29,33-34,51H,1,14,18H2,2H3,(H,47,48). The highest BCUT2D eigenvalue weighted by molar-refractivity contribution is 6.33. The summed E-state index contributed by atoms with van der Waals surface area (Å²) in [5.74, 6) is -7.43. The summed E-state index contributed by atoms with van der Waals surface area (Å²) in [6, 6.07) is 18.4. The number of anilines is 2. The van der Waals surface area contributed by atoms with E-state index in [0.717, 1.165) is 10.6 Å². The van der Waals surface area contributed by atoms with E-state index in [1.54, 1.807) is 66.7 Å². The topological polar surface area (TPSA) is 129 Å². The average molecular weight is 804 g/mol. The number of methoxy groups -OCH3 is 1. The molecule has 0 spiro atoms. The van der Waals surface area contributed by atoms with E-state index in [4.69, 9.17) is 27.9 Å². The first kappa shape index (κ1) is 37.3. The Labute approximate surface area is 328 Å². The monoisotopic (exact) mass is 802 g/mol. The minimum Gasteiger partial charge on any atom is -0.504 e. The summed E-state index contributed by atoms with van der Waals surface area (Å²) in [6.45, 7) is 3.76. The van der Waals surface area contributed by atoms with E-state index in [-0.39, 0.29) is 36.1 Å². The van der Waals surface area contributed by atoms with Crippen LogP contribution in [0.2, 0.25) is 10.0 Å². The van der Waals surface area contributed by atoms with Crippen LogP contribution in [0.4, 0.5) is 24.7 Å². The number of rotatable bonds is 7. The van der Waals surface area contributed by atoms with Gasteiger partial charge >= 0.3 is 6.18 Å². The molecule has 6 unspecified atom stereocenters. The maximum atomic E-state index is 15.3. The van der Waals surface area contributed by atoms with Crippen molar-refractivity contribution in [2.75, 3.05) is 17.4 Å². The summed E-state index contributed by atoms with van der Waals surface area (Å²) in [7, 11) is 1.36. The Morgan fingerprint density at radius 1 is 0.964 bits per heavy atom. The predicted molar refractivity (Wildman–Crippen MR) is 201 cm³/mol. The number of phenols is 1. The van der Waals surface area contributed by atoms with E-state index in [9.17, 15) is 32.7 Å². The highest BCUT2D eigenvalue weighted by atomic mass is 35.5. The number of carbonyl (C=O) groups is 4. The Morgan fingerprint density at radius 2 is 1.68 bits per heavy atom. The molecule has 8 rings (SSSR count). The number of amides is 4. The van der Waals surface area contributed by atoms with Gasteiger partial charge in [0.1, 0.15) is 0 Å². The Morgan fingerprint density at radius 3 is 2.32 bits per heavy atom. The largest absolute Gasteiger partial charge is 0.504 e. The Hall–Kier alpha value is -5.66. The van der Waals surface area contributed by atoms with Gasteiger partial charge in [0.25, 0.3) is 11.8 Å². The van der Waals surface area contributed by atoms with Crippen molar-refractivity contribution < 1.29 is 42.2 Å². The predicted octanol–water partition coefficient (Wildman–Crippen LogP) is 7.95. The number of phenolic OH excluding ortho intramolecular Hbond substituents is 1. The van der Waals surface area contributed by atoms with Crippen molar-refractivity contribution in [3.8, 4) is 11.5 Å². The molecular weight excluding hydrogens is 772 g/mol. The third-order valence-electron chi connectivity index (χ3n) is 11.5. The number of nitrogens with zero attached hydrogens (tertiary/aromatic N) is 3. The van der Waals surface area contributed by atoms with Crippen molar-refractivity contribution in [2.45, 2.75) is 30.4 Å². The first-order chi connectivity index (χ1) is 26.7. The van der Waals surface area contributed by atoms with Crippen molar-refractivity contribution in [1.82, 2.24) is 9.99 Å². The molecule has 3 aromatic carbocycles. The maximum Gasteiger partial charge on any atom is 0.417 e. The third kappa shape index (κ3) is 5.58. The first-order valence-electron chi connectivity index (χ1n) is 17.5. The molecule has 286 valence electrons. The van der Waals surface area contributed by atoms with Gasteiger partial charge in [-0.2, -0.15) is 18.2 Å². The van der Waals surface area contributed by atoms with Crippen LogP contribution < -0.4 is 15.1 Å². The van der Waals surface area contributed by atoms with Gasteiger partial charge in [0, 0.05) is 17.1 Å². The summed E-state index contributed by atoms with van der Waals surface area (Å²) >= 11 is 12.6. The molecule has 6 atom stereocenters. The number of imide groups is 2. The Balaban J connectivity index is 1.31. The van der Waals surface area contributed by atoms with Gasteiger partial charge in [0.05, 0.1) is 46.6 Å². The lowest BCUT2D eigenvalue weighted by atomic mass is 9.49. The maximum absolute atomic E-state index is 15.3. The molecule has 0 radical (unpaired) electrons. The zero-order valence-corrected chi connectivity index (χ0v) is 30.9. The number of halogens is 5. The zero-order valence-electron chi connectivity index (χ0n) is 29.4. The van der Waals surface area contributed by atoms with Crippen LogP contribution in [0.5, 0.6) is 11.5 Å². The lowest BCUT2D eigenvalue weighted by Gasteiger charge is -2.50. The van der Waals surface area contributed by atoms with Crippen LogP contribution in [0.3, 0.4) is 0 Å². The van der Waals surface area contributed by atoms with E-state index in [0.29, 0.717) is 39.7 Å². The summed E-state index contributed by atoms with van der Waals surface area (Å²) in [6.07, 6.45) is -0.620. The third-order valence-corrected chi connectivity index (χ3v) is 12.0. The minimum absolute atomic E-state index is 0.0550. The Kier molecular flexibility index (Phi) is 9.00. The molecular formula is C41H31Cl2F3N4O6. The summed E-state index contributed by atoms with van der Waals surface area (Å²) < 4.78 is 46.0. The highest BCUT2D eigenvalue weighted by Crippen LogP contribution is 2.64. The molecule has 2 aliphatic heterocycles. The number of benzene rings is 3. The number of aromatic hydroxyl groups is 1. The van der Waals surface area contributed by atoms with Gasteiger partial charge in [-0.3, -0.25) is 29.5 Å². The number of alkyl halides is 3. The van der Waals surface area contributed by atoms with Gasteiger partial charge in [0.15, 0.2) is 17.3 Å². The second-order valence-electron chi connectivity index (χ2n) is 14.2. The van der Waals surface area contributed by atoms with Gasteiger partial charge in [-0.1, -0.05) is 77.8 Å². The summed E-state index contributed by atoms with van der Waals surface area (Å²) in [5, 5.41) is 11.2. The molecule has 3 heterocycles. The number of allylic oxidation sites excluding steroid dienone is 2. The molecule has 4 amide bonds. The van der Waals surface area contributed by atoms with E-state index in [2.05, 4.69) is 17.0 Å². The number of ether oxygens (including phenoxy) is 1. The quantitative estimate of drug-likeness (QED) is 0.142. The second kappa shape index (κ2) is 13.5. The number of hydrazine groups is 1. The molecule has 56 heavy (non-hydrogen) atoms. The van der Waals surface area contributed by atoms with Crippen molar-refractivity contribution in [2.24, 2.45) is 23.7 Å². The Bertz CT molecular complexity index is 2370. The summed E-state index contributed by atoms with van der Waals surface area (Å²) in [5.41, 5.74) is 2.37. The second-order valence-corrected chi connectivity index (χ2v) is 15.0. The van der Waals surface area contributed by atoms with Crippen molar-refractivity contribution >= 4 is 64.4 Å². The first-order valence-corrected chi connectivity index (χ1v) is 18.3. The number of nitrogens with one attached hydrogen (secondary N) is 1. The fraction of sp³-hybridized carbons (Fsp3) is 0.244. The van der Waals surface area contributed by atoms with Gasteiger partial charge in [-0.15, -0.1) is 0 Å². The van der Waals surface area contributed by atoms with Crippen LogP contribution >= 0.6 is 23.2 Å². The van der Waals surface area contributed by atoms with Crippen molar-refractivity contribution in [3.63, 3.8) is 0 Å². The van der Waals surface area contributed by atoms with Crippen LogP contribution in [0.15, 0.2) is 97.2 Å². The normalized spacial score (nSPS) is 25.8. The molecule has 4 aliphatic rings. The van der Waals surface area contributed by atoms with Crippen LogP contribution in [-0.4, -0.2) is 45.8 Å². The van der Waals surface area contributed by atoms with Crippen molar-refractivity contribution in [3.05, 3.63) is 130 Å². The molecule has 1 aromatic heterocycles. The van der Waals surface area contributed by atoms with Gasteiger partial charge in [0.2, 0.25) is 11.8 Å². The summed E-state index contributed by atoms with van der Waals surface area (Å²) in [4.78, 5) is 63.8. The fourth-order valence-electron chi connectivity index (χ4n) is 9.05. The molecule has 10 nitrogen and oxygen atoms in total. The van der Waals surface area contributed by atoms with Gasteiger partial charge in [-0.05, 0) is 77.9 Å². The van der Waals surface area contributed by atoms with E-state index >= 15 is 4.79 Å². The molecule has 2 aliphatic carbocycles. The van der Waals surface area contributed by atoms with Crippen LogP contribution in [0.1, 0.15) is 41.0 Å². The number of fused-ring (bicyclic) bond motifs is 4. The van der Waals surface area contributed by atoms with Crippen LogP contribution in [0.25, 0.3) is 6.08 Å². The molecule has 2 saturated heterocycles.